The standard InChI is InChI=1S/C21H21N5O/c1-13-11-20(23-10-6-7-16-14(2)25-27-15(16)3)26-19-9-5-4-8-18(19)24-21(26)17(13)12-22/h4-5,8-9,11,23H,6-7,10H2,1-3H3. The van der Waals surface area contributed by atoms with Crippen molar-refractivity contribution in [1.82, 2.24) is 14.5 Å². The van der Waals surface area contributed by atoms with Crippen LogP contribution in [0.1, 0.15) is 34.6 Å². The van der Waals surface area contributed by atoms with Gasteiger partial charge in [-0.3, -0.25) is 4.40 Å². The van der Waals surface area contributed by atoms with Gasteiger partial charge in [0.05, 0.1) is 22.3 Å². The molecule has 1 N–H and O–H groups in total. The van der Waals surface area contributed by atoms with Gasteiger partial charge >= 0.3 is 0 Å². The lowest BCUT2D eigenvalue weighted by atomic mass is 10.1. The average molecular weight is 359 g/mol. The van der Waals surface area contributed by atoms with E-state index < -0.39 is 0 Å². The Balaban J connectivity index is 1.64. The van der Waals surface area contributed by atoms with Crippen LogP contribution in [-0.2, 0) is 6.42 Å². The Labute approximate surface area is 157 Å². The zero-order chi connectivity index (χ0) is 19.0. The quantitative estimate of drug-likeness (QED) is 0.537. The van der Waals surface area contributed by atoms with Gasteiger partial charge in [0.15, 0.2) is 5.65 Å². The first-order chi connectivity index (χ1) is 13.1. The van der Waals surface area contributed by atoms with E-state index in [2.05, 4.69) is 21.5 Å². The second-order valence-corrected chi connectivity index (χ2v) is 6.79. The van der Waals surface area contributed by atoms with Crippen molar-refractivity contribution in [1.29, 1.82) is 5.26 Å². The summed E-state index contributed by atoms with van der Waals surface area (Å²) >= 11 is 0. The van der Waals surface area contributed by atoms with Crippen LogP contribution in [0.25, 0.3) is 16.7 Å². The topological polar surface area (TPSA) is 79.2 Å². The fourth-order valence-corrected chi connectivity index (χ4v) is 3.56. The molecule has 27 heavy (non-hydrogen) atoms. The van der Waals surface area contributed by atoms with E-state index in [1.165, 1.54) is 5.56 Å². The van der Waals surface area contributed by atoms with Crippen molar-refractivity contribution in [3.8, 4) is 6.07 Å². The maximum absolute atomic E-state index is 9.57. The molecule has 3 aromatic heterocycles. The number of hydrogen-bond donors (Lipinski definition) is 1. The minimum Gasteiger partial charge on any atom is -0.371 e. The first-order valence-corrected chi connectivity index (χ1v) is 9.06. The number of anilines is 1. The average Bonchev–Trinajstić information content (AvgIpc) is 3.19. The number of nitrogens with zero attached hydrogens (tertiary/aromatic N) is 4. The molecule has 0 radical (unpaired) electrons. The minimum atomic E-state index is 0.618. The predicted octanol–water partition coefficient (Wildman–Crippen LogP) is 4.32. The molecule has 0 saturated carbocycles. The monoisotopic (exact) mass is 359 g/mol. The molecule has 0 saturated heterocycles. The molecular formula is C21H21N5O. The molecule has 6 heteroatoms. The van der Waals surface area contributed by atoms with Crippen molar-refractivity contribution < 1.29 is 4.52 Å². The molecule has 6 nitrogen and oxygen atoms in total. The summed E-state index contributed by atoms with van der Waals surface area (Å²) in [6, 6.07) is 12.3. The SMILES string of the molecule is Cc1cc(NCCCc2c(C)noc2C)n2c(nc3ccccc32)c1C#N. The third-order valence-corrected chi connectivity index (χ3v) is 4.98. The van der Waals surface area contributed by atoms with Crippen LogP contribution >= 0.6 is 0 Å². The van der Waals surface area contributed by atoms with E-state index in [9.17, 15) is 5.26 Å². The van der Waals surface area contributed by atoms with Gasteiger partial charge in [-0.1, -0.05) is 17.3 Å². The highest BCUT2D eigenvalue weighted by Crippen LogP contribution is 2.26. The molecule has 0 spiro atoms. The lowest BCUT2D eigenvalue weighted by molar-refractivity contribution is 0.392. The fourth-order valence-electron chi connectivity index (χ4n) is 3.56. The lowest BCUT2D eigenvalue weighted by Gasteiger charge is -2.12. The number of nitrogens with one attached hydrogen (secondary N) is 1. The van der Waals surface area contributed by atoms with Gasteiger partial charge in [-0.05, 0) is 57.4 Å². The molecule has 1 aromatic carbocycles. The summed E-state index contributed by atoms with van der Waals surface area (Å²) in [5, 5.41) is 17.1. The molecule has 136 valence electrons. The van der Waals surface area contributed by atoms with Gasteiger partial charge in [0.1, 0.15) is 17.6 Å². The van der Waals surface area contributed by atoms with E-state index in [-0.39, 0.29) is 0 Å². The summed E-state index contributed by atoms with van der Waals surface area (Å²) < 4.78 is 7.27. The number of imidazole rings is 1. The molecule has 4 aromatic rings. The number of hydrogen-bond acceptors (Lipinski definition) is 5. The third-order valence-electron chi connectivity index (χ3n) is 4.98. The predicted molar refractivity (Wildman–Crippen MR) is 105 cm³/mol. The van der Waals surface area contributed by atoms with Crippen molar-refractivity contribution in [3.63, 3.8) is 0 Å². The largest absolute Gasteiger partial charge is 0.371 e. The summed E-state index contributed by atoms with van der Waals surface area (Å²) in [5.74, 6) is 1.85. The Bertz CT molecular complexity index is 1160. The van der Waals surface area contributed by atoms with Crippen molar-refractivity contribution in [2.75, 3.05) is 11.9 Å². The zero-order valence-corrected chi connectivity index (χ0v) is 15.7. The summed E-state index contributed by atoms with van der Waals surface area (Å²) in [6.07, 6.45) is 1.87. The minimum absolute atomic E-state index is 0.618. The Hall–Kier alpha value is -3.33. The number of benzene rings is 1. The van der Waals surface area contributed by atoms with Gasteiger partial charge in [0, 0.05) is 12.1 Å². The summed E-state index contributed by atoms with van der Waals surface area (Å²) in [7, 11) is 0. The number of rotatable bonds is 5. The smallest absolute Gasteiger partial charge is 0.157 e. The molecule has 0 fully saturated rings. The number of fused-ring (bicyclic) bond motifs is 3. The highest BCUT2D eigenvalue weighted by molar-refractivity contribution is 5.85. The van der Waals surface area contributed by atoms with Crippen LogP contribution in [0.5, 0.6) is 0 Å². The zero-order valence-electron chi connectivity index (χ0n) is 15.7. The maximum atomic E-state index is 9.57. The van der Waals surface area contributed by atoms with Crippen LogP contribution in [-0.4, -0.2) is 21.1 Å². The summed E-state index contributed by atoms with van der Waals surface area (Å²) in [4.78, 5) is 4.68. The Kier molecular flexibility index (Phi) is 4.28. The van der Waals surface area contributed by atoms with Gasteiger partial charge < -0.3 is 9.84 Å². The molecular weight excluding hydrogens is 338 g/mol. The summed E-state index contributed by atoms with van der Waals surface area (Å²) in [6.45, 7) is 6.68. The van der Waals surface area contributed by atoms with Crippen LogP contribution in [0.2, 0.25) is 0 Å². The molecule has 0 amide bonds. The molecule has 0 aliphatic heterocycles. The fraction of sp³-hybridized carbons (Fsp3) is 0.286. The first kappa shape index (κ1) is 17.1. The number of pyridine rings is 1. The Morgan fingerprint density at radius 3 is 2.78 bits per heavy atom. The van der Waals surface area contributed by atoms with Crippen LogP contribution in [0.4, 0.5) is 5.82 Å². The second kappa shape index (κ2) is 6.76. The molecule has 0 aliphatic rings. The molecule has 0 atom stereocenters. The maximum Gasteiger partial charge on any atom is 0.157 e. The van der Waals surface area contributed by atoms with Gasteiger partial charge in [-0.2, -0.15) is 5.26 Å². The first-order valence-electron chi connectivity index (χ1n) is 9.06. The second-order valence-electron chi connectivity index (χ2n) is 6.79. The molecule has 3 heterocycles. The van der Waals surface area contributed by atoms with E-state index >= 15 is 0 Å². The van der Waals surface area contributed by atoms with Gasteiger partial charge in [-0.25, -0.2) is 4.98 Å². The Morgan fingerprint density at radius 2 is 2.04 bits per heavy atom. The highest BCUT2D eigenvalue weighted by atomic mass is 16.5. The lowest BCUT2D eigenvalue weighted by Crippen LogP contribution is -2.08. The van der Waals surface area contributed by atoms with Crippen molar-refractivity contribution >= 4 is 22.5 Å². The summed E-state index contributed by atoms with van der Waals surface area (Å²) in [5.41, 5.74) is 6.28. The molecule has 0 aliphatic carbocycles. The van der Waals surface area contributed by atoms with Crippen molar-refractivity contribution in [2.24, 2.45) is 0 Å². The van der Waals surface area contributed by atoms with Crippen molar-refractivity contribution in [3.05, 3.63) is 58.5 Å². The highest BCUT2D eigenvalue weighted by Gasteiger charge is 2.15. The Morgan fingerprint density at radius 1 is 1.22 bits per heavy atom. The van der Waals surface area contributed by atoms with Crippen LogP contribution < -0.4 is 5.32 Å². The molecule has 0 bridgehead atoms. The number of para-hydroxylation sites is 2. The van der Waals surface area contributed by atoms with Gasteiger partial charge in [0.2, 0.25) is 0 Å². The molecule has 4 rings (SSSR count). The number of aromatic nitrogens is 3. The van der Waals surface area contributed by atoms with E-state index in [1.54, 1.807) is 0 Å². The van der Waals surface area contributed by atoms with E-state index in [1.807, 2.05) is 55.5 Å². The van der Waals surface area contributed by atoms with Gasteiger partial charge in [-0.15, -0.1) is 0 Å². The van der Waals surface area contributed by atoms with Crippen LogP contribution in [0.3, 0.4) is 0 Å². The normalized spacial score (nSPS) is 11.2. The van der Waals surface area contributed by atoms with Gasteiger partial charge in [0.25, 0.3) is 0 Å². The van der Waals surface area contributed by atoms with Crippen LogP contribution in [0, 0.1) is 32.1 Å². The van der Waals surface area contributed by atoms with E-state index in [0.717, 1.165) is 53.3 Å². The number of nitriles is 1. The van der Waals surface area contributed by atoms with Crippen LogP contribution in [0.15, 0.2) is 34.9 Å². The van der Waals surface area contributed by atoms with E-state index in [0.29, 0.717) is 11.2 Å². The number of aryl methyl sites for hydroxylation is 3. The third kappa shape index (κ3) is 2.91. The van der Waals surface area contributed by atoms with Crippen molar-refractivity contribution in [2.45, 2.75) is 33.6 Å². The molecule has 0 unspecified atom stereocenters. The van der Waals surface area contributed by atoms with E-state index in [4.69, 9.17) is 4.52 Å².